The molecule has 1 amide bonds. The van der Waals surface area contributed by atoms with Gasteiger partial charge in [0, 0.05) is 6.54 Å². The molecule has 0 bridgehead atoms. The van der Waals surface area contributed by atoms with Gasteiger partial charge in [-0.05, 0) is 36.4 Å². The first-order valence-electron chi connectivity index (χ1n) is 7.29. The van der Waals surface area contributed by atoms with Crippen LogP contribution in [-0.2, 0) is 20.0 Å². The molecule has 0 saturated heterocycles. The van der Waals surface area contributed by atoms with E-state index in [-0.39, 0.29) is 27.6 Å². The average molecular weight is 395 g/mol. The van der Waals surface area contributed by atoms with Crippen LogP contribution in [-0.4, -0.2) is 29.3 Å². The molecule has 0 unspecified atom stereocenters. The van der Waals surface area contributed by atoms with Crippen molar-refractivity contribution < 1.29 is 21.6 Å². The number of hydrogen-bond donors (Lipinski definition) is 3. The van der Waals surface area contributed by atoms with Gasteiger partial charge in [-0.1, -0.05) is 18.2 Å². The van der Waals surface area contributed by atoms with Gasteiger partial charge in [-0.3, -0.25) is 9.52 Å². The third-order valence-corrected chi connectivity index (χ3v) is 5.60. The molecule has 0 aromatic heterocycles. The highest BCUT2D eigenvalue weighted by molar-refractivity contribution is 7.92. The van der Waals surface area contributed by atoms with Crippen LogP contribution in [0.5, 0.6) is 0 Å². The molecule has 138 valence electrons. The second kappa shape index (κ2) is 7.68. The fraction of sp³-hybridized carbons (Fsp3) is 0.0625. The highest BCUT2D eigenvalue weighted by atomic mass is 32.2. The molecule has 0 radical (unpaired) electrons. The van der Waals surface area contributed by atoms with E-state index in [1.807, 2.05) is 0 Å². The molecular formula is C16H17N3O5S2. The Morgan fingerprint density at radius 3 is 2.15 bits per heavy atom. The zero-order valence-electron chi connectivity index (χ0n) is 13.5. The number of nitrogens with two attached hydrogens (primary N) is 1. The van der Waals surface area contributed by atoms with Crippen LogP contribution in [0.1, 0.15) is 10.4 Å². The number of amides is 1. The van der Waals surface area contributed by atoms with Gasteiger partial charge in [0.15, 0.2) is 0 Å². The van der Waals surface area contributed by atoms with Crippen molar-refractivity contribution in [1.82, 2.24) is 5.32 Å². The smallest absolute Gasteiger partial charge is 0.261 e. The minimum absolute atomic E-state index is 0.0876. The van der Waals surface area contributed by atoms with Crippen LogP contribution in [0.3, 0.4) is 0 Å². The summed E-state index contributed by atoms with van der Waals surface area (Å²) in [6.07, 6.45) is 1.50. The predicted octanol–water partition coefficient (Wildman–Crippen LogP) is 1.05. The minimum atomic E-state index is -4.04. The fourth-order valence-electron chi connectivity index (χ4n) is 2.04. The lowest BCUT2D eigenvalue weighted by atomic mass is 10.1. The van der Waals surface area contributed by atoms with E-state index in [9.17, 15) is 21.6 Å². The number of rotatable bonds is 7. The Bertz CT molecular complexity index is 1030. The summed E-state index contributed by atoms with van der Waals surface area (Å²) in [6, 6.07) is 10.5. The summed E-state index contributed by atoms with van der Waals surface area (Å²) in [6.45, 7) is 3.73. The molecule has 0 aliphatic carbocycles. The topological polar surface area (TPSA) is 135 Å². The first kappa shape index (κ1) is 19.6. The zero-order chi connectivity index (χ0) is 19.4. The quantitative estimate of drug-likeness (QED) is 0.602. The van der Waals surface area contributed by atoms with Gasteiger partial charge in [0.25, 0.3) is 15.9 Å². The Balaban J connectivity index is 2.33. The molecule has 10 heteroatoms. The van der Waals surface area contributed by atoms with E-state index < -0.39 is 26.0 Å². The molecule has 0 spiro atoms. The van der Waals surface area contributed by atoms with E-state index in [1.54, 1.807) is 12.1 Å². The summed E-state index contributed by atoms with van der Waals surface area (Å²) in [7, 11) is -7.96. The zero-order valence-corrected chi connectivity index (χ0v) is 15.2. The number of carbonyl (C=O) groups excluding carboxylic acids is 1. The second-order valence-electron chi connectivity index (χ2n) is 5.17. The number of carbonyl (C=O) groups is 1. The Morgan fingerprint density at radius 1 is 1.00 bits per heavy atom. The number of sulfonamides is 2. The van der Waals surface area contributed by atoms with Crippen molar-refractivity contribution in [1.29, 1.82) is 0 Å². The third kappa shape index (κ3) is 4.69. The van der Waals surface area contributed by atoms with Gasteiger partial charge >= 0.3 is 0 Å². The van der Waals surface area contributed by atoms with Crippen molar-refractivity contribution >= 4 is 31.6 Å². The molecule has 0 fully saturated rings. The van der Waals surface area contributed by atoms with Crippen LogP contribution in [0.25, 0.3) is 0 Å². The normalized spacial score (nSPS) is 11.6. The van der Waals surface area contributed by atoms with Gasteiger partial charge in [-0.15, -0.1) is 6.58 Å². The molecule has 0 aliphatic heterocycles. The molecular weight excluding hydrogens is 378 g/mol. The third-order valence-electron chi connectivity index (χ3n) is 3.29. The largest absolute Gasteiger partial charge is 0.349 e. The molecule has 0 atom stereocenters. The minimum Gasteiger partial charge on any atom is -0.349 e. The number of nitrogens with one attached hydrogen (secondary N) is 2. The number of benzene rings is 2. The van der Waals surface area contributed by atoms with Crippen LogP contribution in [0.2, 0.25) is 0 Å². The monoisotopic (exact) mass is 395 g/mol. The lowest BCUT2D eigenvalue weighted by Crippen LogP contribution is -2.25. The SMILES string of the molecule is C=CCNC(=O)c1ccccc1NS(=O)(=O)c1ccc(S(N)(=O)=O)cc1. The van der Waals surface area contributed by atoms with E-state index in [4.69, 9.17) is 5.14 Å². The molecule has 2 rings (SSSR count). The Hall–Kier alpha value is -2.69. The van der Waals surface area contributed by atoms with Crippen LogP contribution < -0.4 is 15.2 Å². The Morgan fingerprint density at radius 2 is 1.58 bits per heavy atom. The van der Waals surface area contributed by atoms with Crippen molar-refractivity contribution in [3.8, 4) is 0 Å². The fourth-order valence-corrected chi connectivity index (χ4v) is 3.64. The molecule has 0 saturated carbocycles. The van der Waals surface area contributed by atoms with E-state index in [1.165, 1.54) is 18.2 Å². The van der Waals surface area contributed by atoms with Gasteiger partial charge < -0.3 is 5.32 Å². The van der Waals surface area contributed by atoms with Gasteiger partial charge in [-0.2, -0.15) is 0 Å². The number of hydrogen-bond acceptors (Lipinski definition) is 5. The van der Waals surface area contributed by atoms with Crippen LogP contribution in [0, 0.1) is 0 Å². The molecule has 26 heavy (non-hydrogen) atoms. The molecule has 2 aromatic rings. The van der Waals surface area contributed by atoms with Crippen LogP contribution in [0.15, 0.2) is 71.0 Å². The maximum absolute atomic E-state index is 12.5. The van der Waals surface area contributed by atoms with Crippen molar-refractivity contribution in [2.75, 3.05) is 11.3 Å². The maximum Gasteiger partial charge on any atom is 0.261 e. The number of anilines is 1. The molecule has 2 aromatic carbocycles. The Labute approximate surface area is 151 Å². The standard InChI is InChI=1S/C16H17N3O5S2/c1-2-11-18-16(20)14-5-3-4-6-15(14)19-26(23,24)13-9-7-12(8-10-13)25(17,21)22/h2-10,19H,1,11H2,(H,18,20)(H2,17,21,22). The van der Waals surface area contributed by atoms with Gasteiger partial charge in [0.2, 0.25) is 10.0 Å². The van der Waals surface area contributed by atoms with Crippen LogP contribution >= 0.6 is 0 Å². The van der Waals surface area contributed by atoms with E-state index in [2.05, 4.69) is 16.6 Å². The highest BCUT2D eigenvalue weighted by Crippen LogP contribution is 2.21. The first-order chi connectivity index (χ1) is 12.1. The molecule has 4 N–H and O–H groups in total. The number of para-hydroxylation sites is 1. The predicted molar refractivity (Wildman–Crippen MR) is 97.6 cm³/mol. The summed E-state index contributed by atoms with van der Waals surface area (Å²) in [5.41, 5.74) is 0.226. The van der Waals surface area contributed by atoms with E-state index in [0.29, 0.717) is 0 Å². The van der Waals surface area contributed by atoms with Crippen molar-refractivity contribution in [2.24, 2.45) is 5.14 Å². The van der Waals surface area contributed by atoms with Crippen LogP contribution in [0.4, 0.5) is 5.69 Å². The molecule has 0 aliphatic rings. The lowest BCUT2D eigenvalue weighted by molar-refractivity contribution is 0.0959. The van der Waals surface area contributed by atoms with E-state index >= 15 is 0 Å². The van der Waals surface area contributed by atoms with Crippen molar-refractivity contribution in [3.05, 3.63) is 66.7 Å². The van der Waals surface area contributed by atoms with Gasteiger partial charge in [0.05, 0.1) is 21.0 Å². The second-order valence-corrected chi connectivity index (χ2v) is 8.41. The van der Waals surface area contributed by atoms with E-state index in [0.717, 1.165) is 24.3 Å². The summed E-state index contributed by atoms with van der Waals surface area (Å²) >= 11 is 0. The van der Waals surface area contributed by atoms with Crippen molar-refractivity contribution in [2.45, 2.75) is 9.79 Å². The first-order valence-corrected chi connectivity index (χ1v) is 10.3. The summed E-state index contributed by atoms with van der Waals surface area (Å²) in [5, 5.41) is 7.55. The average Bonchev–Trinajstić information content (AvgIpc) is 2.59. The lowest BCUT2D eigenvalue weighted by Gasteiger charge is -2.12. The molecule has 0 heterocycles. The maximum atomic E-state index is 12.5. The van der Waals surface area contributed by atoms with Gasteiger partial charge in [-0.25, -0.2) is 22.0 Å². The highest BCUT2D eigenvalue weighted by Gasteiger charge is 2.19. The number of primary sulfonamides is 1. The summed E-state index contributed by atoms with van der Waals surface area (Å²) < 4.78 is 49.9. The van der Waals surface area contributed by atoms with Gasteiger partial charge in [0.1, 0.15) is 0 Å². The molecule has 8 nitrogen and oxygen atoms in total. The summed E-state index contributed by atoms with van der Waals surface area (Å²) in [5.74, 6) is -0.465. The van der Waals surface area contributed by atoms with Crippen molar-refractivity contribution in [3.63, 3.8) is 0 Å². The summed E-state index contributed by atoms with van der Waals surface area (Å²) in [4.78, 5) is 11.7. The Kier molecular flexibility index (Phi) is 5.80.